The number of aryl methyl sites for hydroxylation is 2. The molecule has 1 aromatic carbocycles. The first kappa shape index (κ1) is 14.1. The van der Waals surface area contributed by atoms with Crippen LogP contribution in [0.2, 0.25) is 0 Å². The van der Waals surface area contributed by atoms with Crippen molar-refractivity contribution >= 4 is 17.6 Å². The standard InChI is InChI=1S/C18H17N3O/c1-12-3-6-14(7-4-12)18-15(8-9-16(19)22)21-11-13(2)5-10-17(21)20-18/h3-11H,1-2H3,(H2,19,22)/b9-8+. The summed E-state index contributed by atoms with van der Waals surface area (Å²) >= 11 is 0. The zero-order chi connectivity index (χ0) is 15.7. The van der Waals surface area contributed by atoms with Gasteiger partial charge in [-0.1, -0.05) is 35.9 Å². The van der Waals surface area contributed by atoms with Gasteiger partial charge in [0.25, 0.3) is 0 Å². The number of imidazole rings is 1. The Hall–Kier alpha value is -2.88. The average Bonchev–Trinajstić information content (AvgIpc) is 2.83. The number of amides is 1. The number of carbonyl (C=O) groups is 1. The van der Waals surface area contributed by atoms with Gasteiger partial charge < -0.3 is 5.73 Å². The van der Waals surface area contributed by atoms with Gasteiger partial charge in [0.1, 0.15) is 5.65 Å². The summed E-state index contributed by atoms with van der Waals surface area (Å²) in [7, 11) is 0. The van der Waals surface area contributed by atoms with Gasteiger partial charge in [-0.15, -0.1) is 0 Å². The number of hydrogen-bond donors (Lipinski definition) is 1. The van der Waals surface area contributed by atoms with Gasteiger partial charge in [0.05, 0.1) is 11.4 Å². The lowest BCUT2D eigenvalue weighted by atomic mass is 10.1. The molecule has 2 N–H and O–H groups in total. The maximum Gasteiger partial charge on any atom is 0.241 e. The van der Waals surface area contributed by atoms with Crippen molar-refractivity contribution in [1.29, 1.82) is 0 Å². The number of aromatic nitrogens is 2. The fourth-order valence-electron chi connectivity index (χ4n) is 2.41. The van der Waals surface area contributed by atoms with E-state index in [-0.39, 0.29) is 0 Å². The highest BCUT2D eigenvalue weighted by molar-refractivity contribution is 5.91. The van der Waals surface area contributed by atoms with Crippen LogP contribution in [-0.2, 0) is 4.79 Å². The van der Waals surface area contributed by atoms with E-state index in [2.05, 4.69) is 0 Å². The maximum absolute atomic E-state index is 11.1. The largest absolute Gasteiger partial charge is 0.366 e. The minimum Gasteiger partial charge on any atom is -0.366 e. The predicted molar refractivity (Wildman–Crippen MR) is 88.3 cm³/mol. The molecule has 0 saturated carbocycles. The summed E-state index contributed by atoms with van der Waals surface area (Å²) in [6.07, 6.45) is 5.08. The van der Waals surface area contributed by atoms with Crippen LogP contribution in [0.4, 0.5) is 0 Å². The van der Waals surface area contributed by atoms with Gasteiger partial charge >= 0.3 is 0 Å². The highest BCUT2D eigenvalue weighted by atomic mass is 16.1. The predicted octanol–water partition coefficient (Wildman–Crippen LogP) is 3.12. The molecule has 3 rings (SSSR count). The summed E-state index contributed by atoms with van der Waals surface area (Å²) < 4.78 is 1.98. The molecule has 0 radical (unpaired) electrons. The van der Waals surface area contributed by atoms with Crippen molar-refractivity contribution in [3.05, 3.63) is 65.5 Å². The summed E-state index contributed by atoms with van der Waals surface area (Å²) in [5.74, 6) is -0.475. The number of primary amides is 1. The zero-order valence-electron chi connectivity index (χ0n) is 12.6. The van der Waals surface area contributed by atoms with Crippen molar-refractivity contribution in [1.82, 2.24) is 9.38 Å². The second-order valence-corrected chi connectivity index (χ2v) is 5.38. The van der Waals surface area contributed by atoms with Gasteiger partial charge in [0.15, 0.2) is 0 Å². The number of hydrogen-bond acceptors (Lipinski definition) is 2. The smallest absolute Gasteiger partial charge is 0.241 e. The molecule has 0 fully saturated rings. The van der Waals surface area contributed by atoms with E-state index in [1.54, 1.807) is 6.08 Å². The lowest BCUT2D eigenvalue weighted by Crippen LogP contribution is -2.05. The molecule has 0 saturated heterocycles. The molecule has 1 amide bonds. The number of benzene rings is 1. The monoisotopic (exact) mass is 291 g/mol. The molecule has 2 heterocycles. The van der Waals surface area contributed by atoms with Crippen LogP contribution in [0, 0.1) is 13.8 Å². The Morgan fingerprint density at radius 3 is 2.45 bits per heavy atom. The van der Waals surface area contributed by atoms with Crippen LogP contribution in [0.15, 0.2) is 48.7 Å². The summed E-state index contributed by atoms with van der Waals surface area (Å²) in [5.41, 5.74) is 11.1. The highest BCUT2D eigenvalue weighted by Gasteiger charge is 2.12. The van der Waals surface area contributed by atoms with E-state index in [1.807, 2.05) is 60.8 Å². The van der Waals surface area contributed by atoms with E-state index in [0.717, 1.165) is 28.2 Å². The van der Waals surface area contributed by atoms with E-state index < -0.39 is 5.91 Å². The first-order chi connectivity index (χ1) is 10.5. The molecule has 4 nitrogen and oxygen atoms in total. The number of nitrogens with two attached hydrogens (primary N) is 1. The molecule has 0 atom stereocenters. The Morgan fingerprint density at radius 1 is 1.09 bits per heavy atom. The Labute approximate surface area is 128 Å². The minimum atomic E-state index is -0.475. The molecule has 2 aromatic heterocycles. The SMILES string of the molecule is Cc1ccc(-c2nc3ccc(C)cn3c2/C=C/C(N)=O)cc1. The number of carbonyl (C=O) groups excluding carboxylic acids is 1. The van der Waals surface area contributed by atoms with Gasteiger partial charge in [0, 0.05) is 17.8 Å². The Bertz CT molecular complexity index is 873. The second-order valence-electron chi connectivity index (χ2n) is 5.38. The van der Waals surface area contributed by atoms with Crippen molar-refractivity contribution < 1.29 is 4.79 Å². The van der Waals surface area contributed by atoms with Crippen molar-refractivity contribution in [2.24, 2.45) is 5.73 Å². The first-order valence-corrected chi connectivity index (χ1v) is 7.08. The van der Waals surface area contributed by atoms with Crippen LogP contribution < -0.4 is 5.73 Å². The molecular formula is C18H17N3O. The Morgan fingerprint density at radius 2 is 1.77 bits per heavy atom. The maximum atomic E-state index is 11.1. The molecule has 110 valence electrons. The molecule has 0 aliphatic heterocycles. The molecule has 22 heavy (non-hydrogen) atoms. The summed E-state index contributed by atoms with van der Waals surface area (Å²) in [6, 6.07) is 12.1. The normalized spacial score (nSPS) is 11.4. The van der Waals surface area contributed by atoms with Crippen molar-refractivity contribution in [3.63, 3.8) is 0 Å². The molecular weight excluding hydrogens is 274 g/mol. The van der Waals surface area contributed by atoms with Crippen LogP contribution in [0.5, 0.6) is 0 Å². The Balaban J connectivity index is 2.26. The van der Waals surface area contributed by atoms with Crippen molar-refractivity contribution in [2.45, 2.75) is 13.8 Å². The van der Waals surface area contributed by atoms with E-state index in [1.165, 1.54) is 11.6 Å². The summed E-state index contributed by atoms with van der Waals surface area (Å²) in [4.78, 5) is 15.8. The zero-order valence-corrected chi connectivity index (χ0v) is 12.6. The number of nitrogens with zero attached hydrogens (tertiary/aromatic N) is 2. The highest BCUT2D eigenvalue weighted by Crippen LogP contribution is 2.26. The van der Waals surface area contributed by atoms with Crippen LogP contribution in [0.1, 0.15) is 16.8 Å². The third-order valence-corrected chi connectivity index (χ3v) is 3.53. The molecule has 0 spiro atoms. The van der Waals surface area contributed by atoms with Gasteiger partial charge in [-0.25, -0.2) is 4.98 Å². The quantitative estimate of drug-likeness (QED) is 0.754. The van der Waals surface area contributed by atoms with Crippen LogP contribution >= 0.6 is 0 Å². The molecule has 0 bridgehead atoms. The van der Waals surface area contributed by atoms with Gasteiger partial charge in [-0.2, -0.15) is 0 Å². The molecule has 0 aliphatic rings. The molecule has 3 aromatic rings. The number of pyridine rings is 1. The van der Waals surface area contributed by atoms with Crippen molar-refractivity contribution in [3.8, 4) is 11.3 Å². The summed E-state index contributed by atoms with van der Waals surface area (Å²) in [5, 5.41) is 0. The fraction of sp³-hybridized carbons (Fsp3) is 0.111. The molecule has 0 aliphatic carbocycles. The van der Waals surface area contributed by atoms with Crippen LogP contribution in [0.25, 0.3) is 23.0 Å². The third-order valence-electron chi connectivity index (χ3n) is 3.53. The van der Waals surface area contributed by atoms with Crippen molar-refractivity contribution in [2.75, 3.05) is 0 Å². The van der Waals surface area contributed by atoms with E-state index in [0.29, 0.717) is 0 Å². The first-order valence-electron chi connectivity index (χ1n) is 7.08. The topological polar surface area (TPSA) is 60.4 Å². The average molecular weight is 291 g/mol. The second kappa shape index (κ2) is 5.48. The van der Waals surface area contributed by atoms with Gasteiger partial charge in [-0.05, 0) is 31.6 Å². The van der Waals surface area contributed by atoms with E-state index in [9.17, 15) is 4.79 Å². The molecule has 0 unspecified atom stereocenters. The van der Waals surface area contributed by atoms with E-state index >= 15 is 0 Å². The van der Waals surface area contributed by atoms with E-state index in [4.69, 9.17) is 10.7 Å². The Kier molecular flexibility index (Phi) is 3.51. The van der Waals surface area contributed by atoms with Gasteiger partial charge in [0.2, 0.25) is 5.91 Å². The molecule has 4 heteroatoms. The van der Waals surface area contributed by atoms with Crippen LogP contribution in [0.3, 0.4) is 0 Å². The minimum absolute atomic E-state index is 0.475. The fourth-order valence-corrected chi connectivity index (χ4v) is 2.41. The number of fused-ring (bicyclic) bond motifs is 1. The van der Waals surface area contributed by atoms with Gasteiger partial charge in [-0.3, -0.25) is 9.20 Å². The van der Waals surface area contributed by atoms with Crippen LogP contribution in [-0.4, -0.2) is 15.3 Å². The lowest BCUT2D eigenvalue weighted by molar-refractivity contribution is -0.113. The third kappa shape index (κ3) is 2.63. The summed E-state index contributed by atoms with van der Waals surface area (Å²) in [6.45, 7) is 4.07. The number of rotatable bonds is 3. The lowest BCUT2D eigenvalue weighted by Gasteiger charge is -2.02.